The third kappa shape index (κ3) is 1.60. The maximum atomic E-state index is 12.4. The van der Waals surface area contributed by atoms with Gasteiger partial charge in [-0.3, -0.25) is 10.1 Å². The molecule has 0 atom stereocenters. The summed E-state index contributed by atoms with van der Waals surface area (Å²) < 4.78 is 41.9. The van der Waals surface area contributed by atoms with Gasteiger partial charge in [0.25, 0.3) is 5.69 Å². The van der Waals surface area contributed by atoms with E-state index in [1.54, 1.807) is 0 Å². The van der Waals surface area contributed by atoms with Crippen molar-refractivity contribution in [1.82, 2.24) is 0 Å². The largest absolute Gasteiger partial charge is 0.463 e. The fourth-order valence-corrected chi connectivity index (χ4v) is 1.35. The molecular formula is C9H4F3NO3. The number of non-ortho nitro benzene ring substituents is 1. The number of halogens is 3. The van der Waals surface area contributed by atoms with Crippen molar-refractivity contribution in [3.63, 3.8) is 0 Å². The Morgan fingerprint density at radius 1 is 1.31 bits per heavy atom. The maximum absolute atomic E-state index is 12.4. The molecule has 0 bridgehead atoms. The zero-order chi connectivity index (χ0) is 11.9. The molecule has 0 amide bonds. The molecule has 0 N–H and O–H groups in total. The summed E-state index contributed by atoms with van der Waals surface area (Å²) in [5, 5.41) is 10.2. The van der Waals surface area contributed by atoms with Crippen LogP contribution in [0.25, 0.3) is 11.0 Å². The van der Waals surface area contributed by atoms with E-state index in [4.69, 9.17) is 0 Å². The number of nitro benzene ring substituents is 1. The van der Waals surface area contributed by atoms with Crippen LogP contribution in [0.1, 0.15) is 5.56 Å². The highest BCUT2D eigenvalue weighted by Crippen LogP contribution is 2.36. The molecule has 16 heavy (non-hydrogen) atoms. The average Bonchev–Trinajstić information content (AvgIpc) is 2.58. The fourth-order valence-electron chi connectivity index (χ4n) is 1.35. The molecule has 0 unspecified atom stereocenters. The Bertz CT molecular complexity index is 559. The van der Waals surface area contributed by atoms with Crippen molar-refractivity contribution < 1.29 is 22.5 Å². The normalized spacial score (nSPS) is 11.9. The van der Waals surface area contributed by atoms with E-state index in [1.165, 1.54) is 0 Å². The molecule has 1 heterocycles. The van der Waals surface area contributed by atoms with E-state index in [0.29, 0.717) is 6.26 Å². The standard InChI is InChI=1S/C9H4F3NO3/c10-9(11,12)7-4-16-8-3-5(13(14)15)1-2-6(7)8/h1-4H. The predicted molar refractivity (Wildman–Crippen MR) is 47.9 cm³/mol. The lowest BCUT2D eigenvalue weighted by molar-refractivity contribution is -0.384. The van der Waals surface area contributed by atoms with Crippen LogP contribution < -0.4 is 0 Å². The van der Waals surface area contributed by atoms with E-state index in [0.717, 1.165) is 18.2 Å². The van der Waals surface area contributed by atoms with Gasteiger partial charge in [-0.05, 0) is 6.07 Å². The van der Waals surface area contributed by atoms with E-state index in [2.05, 4.69) is 4.42 Å². The van der Waals surface area contributed by atoms with E-state index in [9.17, 15) is 23.3 Å². The monoisotopic (exact) mass is 231 g/mol. The van der Waals surface area contributed by atoms with Crippen molar-refractivity contribution >= 4 is 16.7 Å². The molecule has 84 valence electrons. The first kappa shape index (κ1) is 10.5. The highest BCUT2D eigenvalue weighted by molar-refractivity contribution is 5.83. The number of fused-ring (bicyclic) bond motifs is 1. The number of hydrogen-bond acceptors (Lipinski definition) is 3. The van der Waals surface area contributed by atoms with Crippen LogP contribution in [-0.4, -0.2) is 4.92 Å². The Labute approximate surface area is 86.4 Å². The minimum Gasteiger partial charge on any atom is -0.463 e. The highest BCUT2D eigenvalue weighted by atomic mass is 19.4. The number of rotatable bonds is 1. The molecule has 0 aliphatic carbocycles. The van der Waals surface area contributed by atoms with Gasteiger partial charge in [0.05, 0.1) is 11.0 Å². The van der Waals surface area contributed by atoms with Gasteiger partial charge in [-0.1, -0.05) is 0 Å². The van der Waals surface area contributed by atoms with Crippen molar-refractivity contribution in [3.05, 3.63) is 40.1 Å². The molecule has 0 saturated heterocycles. The zero-order valence-electron chi connectivity index (χ0n) is 7.62. The van der Waals surface area contributed by atoms with Crippen LogP contribution >= 0.6 is 0 Å². The summed E-state index contributed by atoms with van der Waals surface area (Å²) in [6.45, 7) is 0. The molecule has 1 aromatic carbocycles. The molecule has 0 radical (unpaired) electrons. The first-order valence-corrected chi connectivity index (χ1v) is 4.12. The van der Waals surface area contributed by atoms with Crippen LogP contribution in [0.4, 0.5) is 18.9 Å². The number of furan rings is 1. The van der Waals surface area contributed by atoms with Gasteiger partial charge in [0.1, 0.15) is 17.4 Å². The van der Waals surface area contributed by atoms with Gasteiger partial charge in [0.15, 0.2) is 0 Å². The molecule has 0 aliphatic rings. The Kier molecular flexibility index (Phi) is 2.11. The van der Waals surface area contributed by atoms with E-state index in [-0.39, 0.29) is 16.7 Å². The van der Waals surface area contributed by atoms with Gasteiger partial charge in [0, 0.05) is 11.5 Å². The number of nitrogens with zero attached hydrogens (tertiary/aromatic N) is 1. The quantitative estimate of drug-likeness (QED) is 0.558. The van der Waals surface area contributed by atoms with Crippen LogP contribution in [0.2, 0.25) is 0 Å². The fraction of sp³-hybridized carbons (Fsp3) is 0.111. The smallest absolute Gasteiger partial charge is 0.420 e. The van der Waals surface area contributed by atoms with Crippen molar-refractivity contribution in [1.29, 1.82) is 0 Å². The minimum absolute atomic E-state index is 0.151. The van der Waals surface area contributed by atoms with Crippen LogP contribution in [0.5, 0.6) is 0 Å². The Morgan fingerprint density at radius 3 is 2.56 bits per heavy atom. The van der Waals surface area contributed by atoms with E-state index < -0.39 is 16.7 Å². The molecule has 1 aromatic heterocycles. The van der Waals surface area contributed by atoms with Crippen LogP contribution in [0, 0.1) is 10.1 Å². The summed E-state index contributed by atoms with van der Waals surface area (Å²) >= 11 is 0. The molecule has 0 fully saturated rings. The second-order valence-electron chi connectivity index (χ2n) is 3.08. The minimum atomic E-state index is -4.53. The van der Waals surface area contributed by atoms with Gasteiger partial charge < -0.3 is 4.42 Å². The average molecular weight is 231 g/mol. The Balaban J connectivity index is 2.64. The summed E-state index contributed by atoms with van der Waals surface area (Å²) in [7, 11) is 0. The summed E-state index contributed by atoms with van der Waals surface area (Å²) in [5.74, 6) is 0. The van der Waals surface area contributed by atoms with Crippen molar-refractivity contribution in [3.8, 4) is 0 Å². The number of benzene rings is 1. The lowest BCUT2D eigenvalue weighted by Gasteiger charge is -2.02. The second kappa shape index (κ2) is 3.22. The van der Waals surface area contributed by atoms with Crippen molar-refractivity contribution in [2.24, 2.45) is 0 Å². The predicted octanol–water partition coefficient (Wildman–Crippen LogP) is 3.36. The number of alkyl halides is 3. The number of hydrogen-bond donors (Lipinski definition) is 0. The van der Waals surface area contributed by atoms with Gasteiger partial charge in [-0.15, -0.1) is 0 Å². The van der Waals surface area contributed by atoms with Gasteiger partial charge in [0.2, 0.25) is 0 Å². The number of nitro groups is 1. The summed E-state index contributed by atoms with van der Waals surface area (Å²) in [5.41, 5.74) is -1.39. The van der Waals surface area contributed by atoms with Gasteiger partial charge in [-0.2, -0.15) is 13.2 Å². The zero-order valence-corrected chi connectivity index (χ0v) is 7.62. The Hall–Kier alpha value is -2.05. The second-order valence-corrected chi connectivity index (χ2v) is 3.08. The van der Waals surface area contributed by atoms with Gasteiger partial charge >= 0.3 is 6.18 Å². The molecule has 0 spiro atoms. The van der Waals surface area contributed by atoms with E-state index in [1.807, 2.05) is 0 Å². The molecule has 2 aromatic rings. The molecule has 0 saturated carbocycles. The lowest BCUT2D eigenvalue weighted by atomic mass is 10.1. The molecule has 0 aliphatic heterocycles. The third-order valence-corrected chi connectivity index (χ3v) is 2.08. The Morgan fingerprint density at radius 2 is 2.00 bits per heavy atom. The first-order valence-electron chi connectivity index (χ1n) is 4.12. The molecule has 7 heteroatoms. The van der Waals surface area contributed by atoms with Crippen LogP contribution in [0.3, 0.4) is 0 Å². The van der Waals surface area contributed by atoms with Crippen LogP contribution in [-0.2, 0) is 6.18 Å². The summed E-state index contributed by atoms with van der Waals surface area (Å²) in [4.78, 5) is 9.69. The molecule has 2 rings (SSSR count). The maximum Gasteiger partial charge on any atom is 0.420 e. The van der Waals surface area contributed by atoms with E-state index >= 15 is 0 Å². The third-order valence-electron chi connectivity index (χ3n) is 2.08. The summed E-state index contributed by atoms with van der Waals surface area (Å²) in [6.07, 6.45) is -3.98. The summed E-state index contributed by atoms with van der Waals surface area (Å²) in [6, 6.07) is 3.00. The van der Waals surface area contributed by atoms with Crippen LogP contribution in [0.15, 0.2) is 28.9 Å². The van der Waals surface area contributed by atoms with Gasteiger partial charge in [-0.25, -0.2) is 0 Å². The molecule has 4 nitrogen and oxygen atoms in total. The highest BCUT2D eigenvalue weighted by Gasteiger charge is 2.34. The first-order chi connectivity index (χ1) is 7.39. The topological polar surface area (TPSA) is 56.3 Å². The molecular weight excluding hydrogens is 227 g/mol. The van der Waals surface area contributed by atoms with Crippen molar-refractivity contribution in [2.45, 2.75) is 6.18 Å². The lowest BCUT2D eigenvalue weighted by Crippen LogP contribution is -2.03. The van der Waals surface area contributed by atoms with Crippen molar-refractivity contribution in [2.75, 3.05) is 0 Å². The SMILES string of the molecule is O=[N+]([O-])c1ccc2c(C(F)(F)F)coc2c1.